The molecular weight excluding hydrogens is 571 g/mol. The molecule has 248 valence electrons. The topological polar surface area (TPSA) is 101 Å². The van der Waals surface area contributed by atoms with Crippen molar-refractivity contribution < 1.29 is 22.8 Å². The highest BCUT2D eigenvalue weighted by Gasteiger charge is 2.40. The lowest BCUT2D eigenvalue weighted by molar-refractivity contribution is -0.125. The highest BCUT2D eigenvalue weighted by Crippen LogP contribution is 2.30. The van der Waals surface area contributed by atoms with Crippen LogP contribution >= 0.6 is 0 Å². The van der Waals surface area contributed by atoms with E-state index in [-0.39, 0.29) is 24.5 Å². The van der Waals surface area contributed by atoms with E-state index in [0.717, 1.165) is 19.6 Å². The standard InChI is InChI=1S/C28H40F3N7O2.2C2H6/c1-5-37-13-15-38(16-14-37)27(40)20-9-11-21(12-10-20)33-18-34-25(23(17-32-4)28(29,30)31)36-24-8-6-7-22(24)26(39)35-19(2)3;2*1-2/h9-12,17,19,22,24,33H,4-8,13-16,18H2,1-3H3,(H,34,36)(H,35,39);2*1-2H3/b23-17+;;. The van der Waals surface area contributed by atoms with Gasteiger partial charge in [0.2, 0.25) is 5.91 Å². The lowest BCUT2D eigenvalue weighted by Crippen LogP contribution is -2.48. The molecule has 1 aliphatic carbocycles. The Labute approximate surface area is 261 Å². The molecule has 9 nitrogen and oxygen atoms in total. The summed E-state index contributed by atoms with van der Waals surface area (Å²) in [5.74, 6) is -1.11. The molecule has 12 heteroatoms. The van der Waals surface area contributed by atoms with E-state index in [2.05, 4.69) is 44.5 Å². The molecule has 1 saturated carbocycles. The highest BCUT2D eigenvalue weighted by atomic mass is 19.4. The highest BCUT2D eigenvalue weighted by molar-refractivity contribution is 6.00. The second-order valence-electron chi connectivity index (χ2n) is 10.3. The van der Waals surface area contributed by atoms with Crippen molar-refractivity contribution in [1.29, 1.82) is 0 Å². The molecule has 1 heterocycles. The zero-order valence-corrected chi connectivity index (χ0v) is 27.4. The zero-order valence-electron chi connectivity index (χ0n) is 27.4. The van der Waals surface area contributed by atoms with Crippen LogP contribution in [0.25, 0.3) is 0 Å². The molecule has 2 unspecified atom stereocenters. The Balaban J connectivity index is 0.00000232. The molecular formula is C32H52F3N7O2. The fourth-order valence-electron chi connectivity index (χ4n) is 4.97. The van der Waals surface area contributed by atoms with E-state index >= 15 is 0 Å². The maximum Gasteiger partial charge on any atom is 0.421 e. The Kier molecular flexibility index (Phi) is 17.4. The summed E-state index contributed by atoms with van der Waals surface area (Å²) in [7, 11) is 0. The maximum atomic E-state index is 13.9. The van der Waals surface area contributed by atoms with Gasteiger partial charge < -0.3 is 25.8 Å². The predicted molar refractivity (Wildman–Crippen MR) is 174 cm³/mol. The van der Waals surface area contributed by atoms with Crippen molar-refractivity contribution in [2.75, 3.05) is 44.7 Å². The normalized spacial score (nSPS) is 19.3. The van der Waals surface area contributed by atoms with Gasteiger partial charge in [-0.25, -0.2) is 4.99 Å². The van der Waals surface area contributed by atoms with Gasteiger partial charge >= 0.3 is 6.18 Å². The molecule has 3 N–H and O–H groups in total. The van der Waals surface area contributed by atoms with Crippen molar-refractivity contribution in [1.82, 2.24) is 20.4 Å². The number of alkyl halides is 3. The van der Waals surface area contributed by atoms with Gasteiger partial charge in [0.1, 0.15) is 18.1 Å². The van der Waals surface area contributed by atoms with Gasteiger partial charge in [-0.3, -0.25) is 14.6 Å². The fraction of sp³-hybridized carbons (Fsp3) is 0.625. The monoisotopic (exact) mass is 623 g/mol. The smallest absolute Gasteiger partial charge is 0.366 e. The first kappa shape index (κ1) is 38.6. The van der Waals surface area contributed by atoms with Gasteiger partial charge in [-0.15, -0.1) is 0 Å². The van der Waals surface area contributed by atoms with Crippen molar-refractivity contribution in [3.63, 3.8) is 0 Å². The largest absolute Gasteiger partial charge is 0.421 e. The minimum atomic E-state index is -4.73. The second kappa shape index (κ2) is 19.8. The van der Waals surface area contributed by atoms with E-state index in [1.807, 2.05) is 46.4 Å². The summed E-state index contributed by atoms with van der Waals surface area (Å²) in [5.41, 5.74) is 0.0841. The van der Waals surface area contributed by atoms with Crippen molar-refractivity contribution >= 4 is 30.1 Å². The molecule has 2 aliphatic rings. The molecule has 44 heavy (non-hydrogen) atoms. The first-order chi connectivity index (χ1) is 21.0. The number of halogens is 3. The second-order valence-corrected chi connectivity index (χ2v) is 10.3. The number of hydrogen-bond acceptors (Lipinski definition) is 6. The molecule has 3 rings (SSSR count). The van der Waals surface area contributed by atoms with Crippen LogP contribution < -0.4 is 16.0 Å². The average Bonchev–Trinajstić information content (AvgIpc) is 3.49. The van der Waals surface area contributed by atoms with Gasteiger partial charge in [-0.2, -0.15) is 13.2 Å². The maximum absolute atomic E-state index is 13.9. The summed E-state index contributed by atoms with van der Waals surface area (Å²) in [6, 6.07) is 6.21. The van der Waals surface area contributed by atoms with Crippen molar-refractivity contribution in [2.45, 2.75) is 86.0 Å². The number of nitrogens with one attached hydrogen (secondary N) is 3. The number of benzene rings is 1. The zero-order chi connectivity index (χ0) is 33.3. The van der Waals surface area contributed by atoms with Crippen molar-refractivity contribution in [3.8, 4) is 0 Å². The van der Waals surface area contributed by atoms with Crippen LogP contribution in [0.4, 0.5) is 18.9 Å². The van der Waals surface area contributed by atoms with Crippen LogP contribution in [-0.2, 0) is 4.79 Å². The molecule has 2 atom stereocenters. The number of rotatable bonds is 10. The lowest BCUT2D eigenvalue weighted by atomic mass is 10.0. The number of amides is 2. The van der Waals surface area contributed by atoms with Gasteiger partial charge in [0.05, 0.1) is 5.92 Å². The third-order valence-electron chi connectivity index (χ3n) is 7.15. The summed E-state index contributed by atoms with van der Waals surface area (Å²) in [6.07, 6.45) is -2.27. The fourth-order valence-corrected chi connectivity index (χ4v) is 4.97. The Morgan fingerprint density at radius 1 is 1.05 bits per heavy atom. The summed E-state index contributed by atoms with van der Waals surface area (Å²) in [5, 5.41) is 8.72. The van der Waals surface area contributed by atoms with E-state index in [0.29, 0.717) is 49.8 Å². The quantitative estimate of drug-likeness (QED) is 0.229. The van der Waals surface area contributed by atoms with E-state index in [1.54, 1.807) is 24.3 Å². The molecule has 2 amide bonds. The third-order valence-corrected chi connectivity index (χ3v) is 7.15. The summed E-state index contributed by atoms with van der Waals surface area (Å²) in [4.78, 5) is 37.1. The van der Waals surface area contributed by atoms with Gasteiger partial charge in [-0.1, -0.05) is 41.0 Å². The van der Waals surface area contributed by atoms with E-state index < -0.39 is 29.5 Å². The minimum Gasteiger partial charge on any atom is -0.366 e. The van der Waals surface area contributed by atoms with Gasteiger partial charge in [0.25, 0.3) is 5.91 Å². The number of carbonyl (C=O) groups excluding carboxylic acids is 2. The molecule has 1 aromatic rings. The van der Waals surface area contributed by atoms with Gasteiger partial charge in [0.15, 0.2) is 0 Å². The summed E-state index contributed by atoms with van der Waals surface area (Å²) < 4.78 is 41.7. The summed E-state index contributed by atoms with van der Waals surface area (Å²) in [6.45, 7) is 20.8. The van der Waals surface area contributed by atoms with Crippen LogP contribution in [-0.4, -0.2) is 91.8 Å². The average molecular weight is 624 g/mol. The minimum absolute atomic E-state index is 0.0451. The van der Waals surface area contributed by atoms with Crippen LogP contribution in [0.5, 0.6) is 0 Å². The van der Waals surface area contributed by atoms with E-state index in [4.69, 9.17) is 0 Å². The number of likely N-dealkylation sites (N-methyl/N-ethyl adjacent to an activating group) is 1. The van der Waals surface area contributed by atoms with Crippen LogP contribution in [0.1, 0.15) is 78.1 Å². The SMILES string of the molecule is C=N/C=C(\C(=N/CNc1ccc(C(=O)N2CCN(CC)CC2)cc1)NC1CCCC1C(=O)NC(C)C)C(F)(F)F.CC.CC. The molecule has 1 aromatic carbocycles. The number of piperazine rings is 1. The van der Waals surface area contributed by atoms with E-state index in [1.165, 1.54) is 0 Å². The lowest BCUT2D eigenvalue weighted by Gasteiger charge is -2.34. The molecule has 0 aromatic heterocycles. The number of carbonyl (C=O) groups is 2. The molecule has 0 bridgehead atoms. The van der Waals surface area contributed by atoms with Crippen molar-refractivity contribution in [3.05, 3.63) is 41.6 Å². The van der Waals surface area contributed by atoms with Gasteiger partial charge in [-0.05, 0) is 64.2 Å². The van der Waals surface area contributed by atoms with E-state index in [9.17, 15) is 22.8 Å². The molecule has 2 fully saturated rings. The van der Waals surface area contributed by atoms with Crippen LogP contribution in [0.2, 0.25) is 0 Å². The number of nitrogens with zero attached hydrogens (tertiary/aromatic N) is 4. The van der Waals surface area contributed by atoms with Gasteiger partial charge in [0, 0.05) is 55.7 Å². The van der Waals surface area contributed by atoms with Crippen LogP contribution in [0, 0.1) is 5.92 Å². The molecule has 0 radical (unpaired) electrons. The molecule has 0 spiro atoms. The van der Waals surface area contributed by atoms with Crippen molar-refractivity contribution in [2.24, 2.45) is 15.9 Å². The Hall–Kier alpha value is -3.41. The first-order valence-electron chi connectivity index (χ1n) is 15.7. The molecule has 1 aliphatic heterocycles. The molecule has 1 saturated heterocycles. The first-order valence-corrected chi connectivity index (χ1v) is 15.7. The number of aliphatic imine (C=N–C) groups is 2. The van der Waals surface area contributed by atoms with Crippen LogP contribution in [0.15, 0.2) is 46.0 Å². The predicted octanol–water partition coefficient (Wildman–Crippen LogP) is 5.71. The summed E-state index contributed by atoms with van der Waals surface area (Å²) >= 11 is 0. The third kappa shape index (κ3) is 11.9. The Bertz CT molecular complexity index is 1080. The van der Waals surface area contributed by atoms with Crippen LogP contribution in [0.3, 0.4) is 0 Å². The number of hydrogen-bond donors (Lipinski definition) is 3. The Morgan fingerprint density at radius 2 is 1.66 bits per heavy atom. The Morgan fingerprint density at radius 3 is 2.18 bits per heavy atom. The number of amidine groups is 1. The number of anilines is 1.